The normalized spacial score (nSPS) is 11.5. The molecule has 0 radical (unpaired) electrons. The molecule has 0 aliphatic heterocycles. The molecular formula is C21H28N4O2S. The maximum atomic E-state index is 13.5. The standard InChI is InChI=1S/C21H28N4O2S/c1-5-16(6-2)24(9-10-27-4)21(26)18-12-15(3)23-20-19(18)13-22-25(20)14-17-8-7-11-28-17/h7-8,11-13,16H,5-6,9-10,14H2,1-4H3. The molecule has 3 aromatic heterocycles. The fourth-order valence-corrected chi connectivity index (χ4v) is 4.23. The lowest BCUT2D eigenvalue weighted by Crippen LogP contribution is -2.42. The van der Waals surface area contributed by atoms with Crippen LogP contribution in [0.25, 0.3) is 11.0 Å². The predicted molar refractivity (Wildman–Crippen MR) is 113 cm³/mol. The zero-order valence-corrected chi connectivity index (χ0v) is 17.8. The van der Waals surface area contributed by atoms with E-state index in [1.165, 1.54) is 4.88 Å². The number of amides is 1. The Labute approximate surface area is 170 Å². The zero-order valence-electron chi connectivity index (χ0n) is 17.0. The van der Waals surface area contributed by atoms with Gasteiger partial charge in [0.25, 0.3) is 5.91 Å². The highest BCUT2D eigenvalue weighted by molar-refractivity contribution is 7.09. The first-order chi connectivity index (χ1) is 13.6. The van der Waals surface area contributed by atoms with Crippen molar-refractivity contribution in [1.29, 1.82) is 0 Å². The van der Waals surface area contributed by atoms with Gasteiger partial charge in [-0.3, -0.25) is 4.79 Å². The average Bonchev–Trinajstić information content (AvgIpc) is 3.35. The minimum absolute atomic E-state index is 0.0249. The van der Waals surface area contributed by atoms with Crippen LogP contribution in [0.4, 0.5) is 0 Å². The van der Waals surface area contributed by atoms with Crippen molar-refractivity contribution >= 4 is 28.3 Å². The Kier molecular flexibility index (Phi) is 6.80. The number of aryl methyl sites for hydroxylation is 1. The number of hydrogen-bond acceptors (Lipinski definition) is 5. The van der Waals surface area contributed by atoms with Crippen LogP contribution < -0.4 is 0 Å². The monoisotopic (exact) mass is 400 g/mol. The van der Waals surface area contributed by atoms with Crippen LogP contribution in [-0.4, -0.2) is 51.9 Å². The number of nitrogens with zero attached hydrogens (tertiary/aromatic N) is 4. The first kappa shape index (κ1) is 20.5. The Bertz CT molecular complexity index is 916. The summed E-state index contributed by atoms with van der Waals surface area (Å²) >= 11 is 1.69. The molecule has 0 bridgehead atoms. The van der Waals surface area contributed by atoms with E-state index in [0.717, 1.165) is 29.6 Å². The van der Waals surface area contributed by atoms with E-state index >= 15 is 0 Å². The van der Waals surface area contributed by atoms with Gasteiger partial charge >= 0.3 is 0 Å². The van der Waals surface area contributed by atoms with Crippen LogP contribution in [0.15, 0.2) is 29.8 Å². The van der Waals surface area contributed by atoms with Gasteiger partial charge in [0, 0.05) is 30.3 Å². The van der Waals surface area contributed by atoms with Crippen molar-refractivity contribution in [2.45, 2.75) is 46.2 Å². The number of methoxy groups -OCH3 is 1. The summed E-state index contributed by atoms with van der Waals surface area (Å²) in [5.74, 6) is 0.0249. The minimum Gasteiger partial charge on any atom is -0.383 e. The molecule has 0 saturated carbocycles. The molecular weight excluding hydrogens is 372 g/mol. The molecule has 0 N–H and O–H groups in total. The second-order valence-electron chi connectivity index (χ2n) is 6.89. The van der Waals surface area contributed by atoms with E-state index in [2.05, 4.69) is 35.4 Å². The number of fused-ring (bicyclic) bond motifs is 1. The van der Waals surface area contributed by atoms with Gasteiger partial charge in [-0.15, -0.1) is 11.3 Å². The molecule has 7 heteroatoms. The maximum absolute atomic E-state index is 13.5. The van der Waals surface area contributed by atoms with Crippen LogP contribution in [-0.2, 0) is 11.3 Å². The molecule has 0 fully saturated rings. The molecule has 0 aliphatic rings. The fraction of sp³-hybridized carbons (Fsp3) is 0.476. The Balaban J connectivity index is 2.00. The predicted octanol–water partition coefficient (Wildman–Crippen LogP) is 4.13. The van der Waals surface area contributed by atoms with E-state index in [0.29, 0.717) is 25.3 Å². The number of thiophene rings is 1. The largest absolute Gasteiger partial charge is 0.383 e. The smallest absolute Gasteiger partial charge is 0.255 e. The second-order valence-corrected chi connectivity index (χ2v) is 7.92. The number of aromatic nitrogens is 3. The Hall–Kier alpha value is -2.25. The summed E-state index contributed by atoms with van der Waals surface area (Å²) in [6, 6.07) is 6.18. The summed E-state index contributed by atoms with van der Waals surface area (Å²) in [5.41, 5.74) is 2.25. The van der Waals surface area contributed by atoms with E-state index in [-0.39, 0.29) is 11.9 Å². The highest BCUT2D eigenvalue weighted by Gasteiger charge is 2.25. The first-order valence-corrected chi connectivity index (χ1v) is 10.6. The van der Waals surface area contributed by atoms with Gasteiger partial charge in [0.15, 0.2) is 5.65 Å². The van der Waals surface area contributed by atoms with Gasteiger partial charge < -0.3 is 9.64 Å². The van der Waals surface area contributed by atoms with Crippen LogP contribution in [0, 0.1) is 6.92 Å². The van der Waals surface area contributed by atoms with Crippen LogP contribution in [0.2, 0.25) is 0 Å². The third-order valence-corrected chi connectivity index (χ3v) is 5.89. The molecule has 0 spiro atoms. The molecule has 0 unspecified atom stereocenters. The number of hydrogen-bond donors (Lipinski definition) is 0. The summed E-state index contributed by atoms with van der Waals surface area (Å²) in [4.78, 5) is 21.3. The number of pyridine rings is 1. The van der Waals surface area contributed by atoms with Gasteiger partial charge in [-0.2, -0.15) is 5.10 Å². The zero-order chi connectivity index (χ0) is 20.1. The first-order valence-electron chi connectivity index (χ1n) is 9.74. The number of carbonyl (C=O) groups excluding carboxylic acids is 1. The van der Waals surface area contributed by atoms with Crippen molar-refractivity contribution in [3.05, 3.63) is 45.9 Å². The third kappa shape index (κ3) is 4.25. The van der Waals surface area contributed by atoms with Crippen LogP contribution in [0.5, 0.6) is 0 Å². The highest BCUT2D eigenvalue weighted by Crippen LogP contribution is 2.23. The van der Waals surface area contributed by atoms with Crippen LogP contribution in [0.1, 0.15) is 47.6 Å². The highest BCUT2D eigenvalue weighted by atomic mass is 32.1. The van der Waals surface area contributed by atoms with Crippen molar-refractivity contribution in [3.63, 3.8) is 0 Å². The summed E-state index contributed by atoms with van der Waals surface area (Å²) in [6.45, 7) is 7.92. The molecule has 28 heavy (non-hydrogen) atoms. The van der Waals surface area contributed by atoms with Gasteiger partial charge in [-0.25, -0.2) is 9.67 Å². The molecule has 6 nitrogen and oxygen atoms in total. The lowest BCUT2D eigenvalue weighted by Gasteiger charge is -2.30. The van der Waals surface area contributed by atoms with Crippen molar-refractivity contribution in [2.24, 2.45) is 0 Å². The third-order valence-electron chi connectivity index (χ3n) is 5.03. The van der Waals surface area contributed by atoms with Crippen molar-refractivity contribution < 1.29 is 9.53 Å². The number of ether oxygens (including phenoxy) is 1. The van der Waals surface area contributed by atoms with Gasteiger partial charge in [0.05, 0.1) is 30.3 Å². The molecule has 3 aromatic rings. The van der Waals surface area contributed by atoms with Crippen molar-refractivity contribution in [1.82, 2.24) is 19.7 Å². The van der Waals surface area contributed by atoms with Crippen molar-refractivity contribution in [2.75, 3.05) is 20.3 Å². The molecule has 3 rings (SSSR count). The number of rotatable bonds is 9. The van der Waals surface area contributed by atoms with Crippen LogP contribution >= 0.6 is 11.3 Å². The molecule has 0 aliphatic carbocycles. The fourth-order valence-electron chi connectivity index (χ4n) is 3.54. The minimum atomic E-state index is 0.0249. The maximum Gasteiger partial charge on any atom is 0.255 e. The van der Waals surface area contributed by atoms with Gasteiger partial charge in [-0.05, 0) is 37.3 Å². The van der Waals surface area contributed by atoms with Crippen LogP contribution in [0.3, 0.4) is 0 Å². The quantitative estimate of drug-likeness (QED) is 0.542. The molecule has 0 saturated heterocycles. The molecule has 150 valence electrons. The van der Waals surface area contributed by atoms with Gasteiger partial charge in [-0.1, -0.05) is 19.9 Å². The van der Waals surface area contributed by atoms with E-state index in [1.54, 1.807) is 24.6 Å². The summed E-state index contributed by atoms with van der Waals surface area (Å²) in [5, 5.41) is 7.39. The lowest BCUT2D eigenvalue weighted by molar-refractivity contribution is 0.0591. The van der Waals surface area contributed by atoms with E-state index in [4.69, 9.17) is 4.74 Å². The summed E-state index contributed by atoms with van der Waals surface area (Å²) < 4.78 is 7.13. The molecule has 0 atom stereocenters. The average molecular weight is 401 g/mol. The van der Waals surface area contributed by atoms with Gasteiger partial charge in [0.2, 0.25) is 0 Å². The lowest BCUT2D eigenvalue weighted by atomic mass is 10.1. The number of carbonyl (C=O) groups is 1. The summed E-state index contributed by atoms with van der Waals surface area (Å²) in [6.07, 6.45) is 3.59. The molecule has 1 amide bonds. The van der Waals surface area contributed by atoms with Crippen molar-refractivity contribution in [3.8, 4) is 0 Å². The Morgan fingerprint density at radius 2 is 2.14 bits per heavy atom. The Morgan fingerprint density at radius 3 is 2.79 bits per heavy atom. The summed E-state index contributed by atoms with van der Waals surface area (Å²) in [7, 11) is 1.67. The topological polar surface area (TPSA) is 60.2 Å². The van der Waals surface area contributed by atoms with Gasteiger partial charge in [0.1, 0.15) is 0 Å². The van der Waals surface area contributed by atoms with E-state index in [9.17, 15) is 4.79 Å². The second kappa shape index (κ2) is 9.30. The molecule has 3 heterocycles. The van der Waals surface area contributed by atoms with E-state index < -0.39 is 0 Å². The Morgan fingerprint density at radius 1 is 1.36 bits per heavy atom. The molecule has 0 aromatic carbocycles. The van der Waals surface area contributed by atoms with E-state index in [1.807, 2.05) is 28.6 Å². The SMILES string of the molecule is CCC(CC)N(CCOC)C(=O)c1cc(C)nc2c1cnn2Cc1cccs1.